The van der Waals surface area contributed by atoms with Gasteiger partial charge in [0.05, 0.1) is 12.7 Å². The molecule has 0 aromatic rings. The maximum Gasteiger partial charge on any atom is 0.0575 e. The summed E-state index contributed by atoms with van der Waals surface area (Å²) in [5, 5.41) is 1.13. The van der Waals surface area contributed by atoms with E-state index in [1.165, 1.54) is 64.2 Å². The second-order valence-corrected chi connectivity index (χ2v) is 6.33. The van der Waals surface area contributed by atoms with E-state index in [0.29, 0.717) is 11.5 Å². The smallest absolute Gasteiger partial charge is 0.0575 e. The minimum absolute atomic E-state index is 0.468. The number of halogens is 1. The predicted molar refractivity (Wildman–Crippen MR) is 72.1 cm³/mol. The molecule has 2 fully saturated rings. The van der Waals surface area contributed by atoms with Crippen LogP contribution in [0.1, 0.15) is 64.2 Å². The summed E-state index contributed by atoms with van der Waals surface area (Å²) in [6.07, 6.45) is 14.3. The van der Waals surface area contributed by atoms with Crippen LogP contribution in [-0.4, -0.2) is 18.0 Å². The van der Waals surface area contributed by atoms with Crippen molar-refractivity contribution in [2.24, 2.45) is 5.41 Å². The Labute approximate surface area is 108 Å². The van der Waals surface area contributed by atoms with Crippen LogP contribution in [0.4, 0.5) is 0 Å². The molecule has 94 valence electrons. The van der Waals surface area contributed by atoms with Crippen molar-refractivity contribution in [3.63, 3.8) is 0 Å². The molecule has 2 aliphatic rings. The number of ether oxygens (including phenoxy) is 1. The molecule has 0 N–H and O–H groups in total. The molecule has 2 heteroatoms. The van der Waals surface area contributed by atoms with Gasteiger partial charge < -0.3 is 4.74 Å². The highest BCUT2D eigenvalue weighted by Gasteiger charge is 2.32. The van der Waals surface area contributed by atoms with Gasteiger partial charge in [-0.1, -0.05) is 54.5 Å². The van der Waals surface area contributed by atoms with Crippen molar-refractivity contribution in [3.05, 3.63) is 0 Å². The van der Waals surface area contributed by atoms with Gasteiger partial charge in [-0.2, -0.15) is 0 Å². The third-order valence-corrected chi connectivity index (χ3v) is 5.56. The van der Waals surface area contributed by atoms with Gasteiger partial charge in [-0.3, -0.25) is 0 Å². The van der Waals surface area contributed by atoms with E-state index in [1.54, 1.807) is 0 Å². The Morgan fingerprint density at radius 1 is 0.938 bits per heavy atom. The minimum Gasteiger partial charge on any atom is -0.378 e. The maximum absolute atomic E-state index is 6.19. The Hall–Kier alpha value is 0.440. The fraction of sp³-hybridized carbons (Fsp3) is 1.00. The second kappa shape index (κ2) is 6.39. The molecule has 0 aromatic heterocycles. The predicted octanol–water partition coefficient (Wildman–Crippen LogP) is 4.68. The molecule has 0 spiro atoms. The molecule has 2 saturated carbocycles. The second-order valence-electron chi connectivity index (χ2n) is 5.77. The Morgan fingerprint density at radius 2 is 1.56 bits per heavy atom. The molecule has 0 heterocycles. The minimum atomic E-state index is 0.468. The lowest BCUT2D eigenvalue weighted by Crippen LogP contribution is -2.33. The summed E-state index contributed by atoms with van der Waals surface area (Å²) < 4.78 is 6.19. The van der Waals surface area contributed by atoms with E-state index in [2.05, 4.69) is 15.9 Å². The van der Waals surface area contributed by atoms with Crippen LogP contribution in [0, 0.1) is 5.41 Å². The normalized spacial score (nSPS) is 26.8. The van der Waals surface area contributed by atoms with Gasteiger partial charge in [0.2, 0.25) is 0 Å². The highest BCUT2D eigenvalue weighted by molar-refractivity contribution is 9.09. The summed E-state index contributed by atoms with van der Waals surface area (Å²) in [7, 11) is 0. The fourth-order valence-electron chi connectivity index (χ4n) is 3.14. The lowest BCUT2D eigenvalue weighted by Gasteiger charge is -2.37. The van der Waals surface area contributed by atoms with Crippen molar-refractivity contribution in [1.82, 2.24) is 0 Å². The summed E-state index contributed by atoms with van der Waals surface area (Å²) in [6, 6.07) is 0. The van der Waals surface area contributed by atoms with E-state index >= 15 is 0 Å². The van der Waals surface area contributed by atoms with Crippen LogP contribution < -0.4 is 0 Å². The van der Waals surface area contributed by atoms with Gasteiger partial charge in [-0.15, -0.1) is 0 Å². The van der Waals surface area contributed by atoms with Crippen LogP contribution in [0.15, 0.2) is 0 Å². The monoisotopic (exact) mass is 288 g/mol. The van der Waals surface area contributed by atoms with Gasteiger partial charge in [0, 0.05) is 10.7 Å². The number of rotatable bonds is 4. The molecule has 0 bridgehead atoms. The van der Waals surface area contributed by atoms with Crippen molar-refractivity contribution in [2.75, 3.05) is 11.9 Å². The van der Waals surface area contributed by atoms with Crippen molar-refractivity contribution in [1.29, 1.82) is 0 Å². The zero-order valence-electron chi connectivity index (χ0n) is 10.3. The summed E-state index contributed by atoms with van der Waals surface area (Å²) in [6.45, 7) is 1.00. The van der Waals surface area contributed by atoms with Gasteiger partial charge in [0.1, 0.15) is 0 Å². The summed E-state index contributed by atoms with van der Waals surface area (Å²) in [4.78, 5) is 0. The summed E-state index contributed by atoms with van der Waals surface area (Å²) in [5.41, 5.74) is 0.468. The Bertz CT molecular complexity index is 193. The molecule has 0 amide bonds. The first kappa shape index (κ1) is 12.9. The quantitative estimate of drug-likeness (QED) is 0.683. The first-order valence-corrected chi connectivity index (χ1v) is 8.14. The van der Waals surface area contributed by atoms with Crippen LogP contribution in [0.3, 0.4) is 0 Å². The lowest BCUT2D eigenvalue weighted by molar-refractivity contribution is -0.0295. The van der Waals surface area contributed by atoms with Crippen LogP contribution in [0.5, 0.6) is 0 Å². The highest BCUT2D eigenvalue weighted by atomic mass is 79.9. The third kappa shape index (κ3) is 3.46. The van der Waals surface area contributed by atoms with Gasteiger partial charge >= 0.3 is 0 Å². The zero-order chi connectivity index (χ0) is 11.3. The topological polar surface area (TPSA) is 9.23 Å². The molecule has 16 heavy (non-hydrogen) atoms. The third-order valence-electron chi connectivity index (χ3n) is 4.38. The van der Waals surface area contributed by atoms with Crippen LogP contribution in [0.2, 0.25) is 0 Å². The first-order valence-electron chi connectivity index (χ1n) is 7.02. The van der Waals surface area contributed by atoms with Crippen molar-refractivity contribution in [2.45, 2.75) is 70.3 Å². The molecule has 0 aliphatic heterocycles. The lowest BCUT2D eigenvalue weighted by atomic mass is 9.76. The Kier molecular flexibility index (Phi) is 5.15. The van der Waals surface area contributed by atoms with Gasteiger partial charge in [0.15, 0.2) is 0 Å². The molecule has 0 atom stereocenters. The summed E-state index contributed by atoms with van der Waals surface area (Å²) >= 11 is 3.71. The molecule has 2 rings (SSSR count). The average molecular weight is 289 g/mol. The molecule has 1 nitrogen and oxygen atoms in total. The van der Waals surface area contributed by atoms with Crippen LogP contribution in [-0.2, 0) is 4.74 Å². The van der Waals surface area contributed by atoms with Crippen LogP contribution in [0.25, 0.3) is 0 Å². The van der Waals surface area contributed by atoms with E-state index in [0.717, 1.165) is 11.9 Å². The maximum atomic E-state index is 6.19. The standard InChI is InChI=1S/C14H25BrO/c15-11-14(9-5-2-6-10-14)12-16-13-7-3-1-4-8-13/h13H,1-12H2. The van der Waals surface area contributed by atoms with Crippen LogP contribution >= 0.6 is 15.9 Å². The number of alkyl halides is 1. The van der Waals surface area contributed by atoms with Gasteiger partial charge in [-0.05, 0) is 25.7 Å². The highest BCUT2D eigenvalue weighted by Crippen LogP contribution is 2.38. The molecule has 0 unspecified atom stereocenters. The SMILES string of the molecule is BrCC1(COC2CCCCC2)CCCCC1. The van der Waals surface area contributed by atoms with Crippen molar-refractivity contribution < 1.29 is 4.74 Å². The van der Waals surface area contributed by atoms with E-state index in [9.17, 15) is 0 Å². The van der Waals surface area contributed by atoms with E-state index in [-0.39, 0.29) is 0 Å². The van der Waals surface area contributed by atoms with Crippen molar-refractivity contribution >= 4 is 15.9 Å². The molecular weight excluding hydrogens is 264 g/mol. The fourth-order valence-corrected chi connectivity index (χ4v) is 3.87. The molecular formula is C14H25BrO. The Balaban J connectivity index is 1.77. The molecule has 2 aliphatic carbocycles. The average Bonchev–Trinajstić information content (AvgIpc) is 2.39. The number of hydrogen-bond acceptors (Lipinski definition) is 1. The molecule has 0 saturated heterocycles. The molecule has 0 aromatic carbocycles. The largest absolute Gasteiger partial charge is 0.378 e. The first-order chi connectivity index (χ1) is 7.85. The van der Waals surface area contributed by atoms with Gasteiger partial charge in [-0.25, -0.2) is 0 Å². The zero-order valence-corrected chi connectivity index (χ0v) is 11.9. The van der Waals surface area contributed by atoms with Crippen molar-refractivity contribution in [3.8, 4) is 0 Å². The Morgan fingerprint density at radius 3 is 2.19 bits per heavy atom. The van der Waals surface area contributed by atoms with E-state index in [1.807, 2.05) is 0 Å². The van der Waals surface area contributed by atoms with E-state index < -0.39 is 0 Å². The van der Waals surface area contributed by atoms with E-state index in [4.69, 9.17) is 4.74 Å². The van der Waals surface area contributed by atoms with Gasteiger partial charge in [0.25, 0.3) is 0 Å². The number of hydrogen-bond donors (Lipinski definition) is 0. The summed E-state index contributed by atoms with van der Waals surface area (Å²) in [5.74, 6) is 0. The molecule has 0 radical (unpaired) electrons.